The number of carboxylic acid groups (broad SMARTS) is 1. The van der Waals surface area contributed by atoms with Gasteiger partial charge in [0.25, 0.3) is 5.92 Å². The molecule has 1 aliphatic heterocycles. The first-order valence-corrected chi connectivity index (χ1v) is 7.69. The summed E-state index contributed by atoms with van der Waals surface area (Å²) in [6.07, 6.45) is 1.95. The summed E-state index contributed by atoms with van der Waals surface area (Å²) in [6.45, 7) is 2.73. The van der Waals surface area contributed by atoms with Crippen molar-refractivity contribution in [2.24, 2.45) is 5.92 Å². The van der Waals surface area contributed by atoms with Crippen LogP contribution in [0, 0.1) is 5.92 Å². The first-order valence-electron chi connectivity index (χ1n) is 7.69. The zero-order valence-electron chi connectivity index (χ0n) is 12.6. The van der Waals surface area contributed by atoms with E-state index in [-0.39, 0.29) is 12.1 Å². The molecule has 2 fully saturated rings. The Morgan fingerprint density at radius 3 is 2.77 bits per heavy atom. The number of likely N-dealkylation sites (tertiary alicyclic amines) is 1. The lowest BCUT2D eigenvalue weighted by Crippen LogP contribution is -2.45. The standard InChI is InChI=1S/C16H20F2N2O2/c1-10-8-20(5-4-16(10,17)18)9-11-6-13(12-2-3-12)19-14(7-11)15(21)22/h6-7,10,12H,2-5,8-9H2,1H3,(H,21,22)/t10-/m1/s1. The molecule has 22 heavy (non-hydrogen) atoms. The number of rotatable bonds is 4. The Bertz CT molecular complexity index is 588. The van der Waals surface area contributed by atoms with Gasteiger partial charge in [-0.05, 0) is 30.5 Å². The monoisotopic (exact) mass is 310 g/mol. The van der Waals surface area contributed by atoms with Crippen LogP contribution in [0.3, 0.4) is 0 Å². The van der Waals surface area contributed by atoms with Crippen LogP contribution < -0.4 is 0 Å². The van der Waals surface area contributed by atoms with Gasteiger partial charge in [-0.3, -0.25) is 4.90 Å². The van der Waals surface area contributed by atoms with E-state index in [4.69, 9.17) is 0 Å². The fraction of sp³-hybridized carbons (Fsp3) is 0.625. The third-order valence-electron chi connectivity index (χ3n) is 4.54. The Morgan fingerprint density at radius 1 is 1.45 bits per heavy atom. The smallest absolute Gasteiger partial charge is 0.354 e. The molecule has 2 aliphatic rings. The molecule has 1 aliphatic carbocycles. The highest BCUT2D eigenvalue weighted by Crippen LogP contribution is 2.39. The Labute approximate surface area is 128 Å². The maximum absolute atomic E-state index is 13.5. The van der Waals surface area contributed by atoms with Gasteiger partial charge >= 0.3 is 5.97 Å². The molecule has 1 aromatic heterocycles. The van der Waals surface area contributed by atoms with Crippen LogP contribution in [0.4, 0.5) is 8.78 Å². The molecule has 3 rings (SSSR count). The van der Waals surface area contributed by atoms with Crippen LogP contribution in [-0.2, 0) is 6.54 Å². The maximum Gasteiger partial charge on any atom is 0.354 e. The number of nitrogens with zero attached hydrogens (tertiary/aromatic N) is 2. The number of alkyl halides is 2. The second kappa shape index (κ2) is 5.57. The van der Waals surface area contributed by atoms with Gasteiger partial charge in [0, 0.05) is 43.6 Å². The maximum atomic E-state index is 13.5. The first-order chi connectivity index (χ1) is 10.3. The van der Waals surface area contributed by atoms with Crippen molar-refractivity contribution in [3.05, 3.63) is 29.1 Å². The van der Waals surface area contributed by atoms with Crippen LogP contribution in [0.25, 0.3) is 0 Å². The Kier molecular flexibility index (Phi) is 3.89. The van der Waals surface area contributed by atoms with E-state index in [1.807, 2.05) is 11.0 Å². The molecule has 1 aromatic rings. The minimum absolute atomic E-state index is 0.0507. The highest BCUT2D eigenvalue weighted by Gasteiger charge is 2.41. The van der Waals surface area contributed by atoms with E-state index in [0.29, 0.717) is 25.6 Å². The quantitative estimate of drug-likeness (QED) is 0.928. The lowest BCUT2D eigenvalue weighted by atomic mass is 9.95. The van der Waals surface area contributed by atoms with Crippen LogP contribution in [0.5, 0.6) is 0 Å². The number of hydrogen-bond donors (Lipinski definition) is 1. The van der Waals surface area contributed by atoms with Crippen molar-refractivity contribution in [2.45, 2.75) is 44.6 Å². The Hall–Kier alpha value is -1.56. The van der Waals surface area contributed by atoms with Gasteiger partial charge in [-0.2, -0.15) is 0 Å². The summed E-state index contributed by atoms with van der Waals surface area (Å²) < 4.78 is 27.1. The van der Waals surface area contributed by atoms with Gasteiger partial charge in [-0.25, -0.2) is 18.6 Å². The summed E-state index contributed by atoms with van der Waals surface area (Å²) in [6, 6.07) is 3.49. The average molecular weight is 310 g/mol. The molecule has 4 nitrogen and oxygen atoms in total. The largest absolute Gasteiger partial charge is 0.477 e. The van der Waals surface area contributed by atoms with Gasteiger partial charge in [-0.1, -0.05) is 6.92 Å². The predicted molar refractivity (Wildman–Crippen MR) is 77.2 cm³/mol. The zero-order chi connectivity index (χ0) is 15.9. The average Bonchev–Trinajstić information content (AvgIpc) is 3.27. The molecule has 1 saturated heterocycles. The van der Waals surface area contributed by atoms with Gasteiger partial charge in [-0.15, -0.1) is 0 Å². The van der Waals surface area contributed by atoms with E-state index in [9.17, 15) is 18.7 Å². The number of aromatic carboxylic acids is 1. The van der Waals surface area contributed by atoms with E-state index in [1.165, 1.54) is 0 Å². The number of carbonyl (C=O) groups is 1. The number of aromatic nitrogens is 1. The number of hydrogen-bond acceptors (Lipinski definition) is 3. The first kappa shape index (κ1) is 15.3. The minimum atomic E-state index is -2.60. The molecule has 0 spiro atoms. The molecule has 6 heteroatoms. The molecule has 0 radical (unpaired) electrons. The normalized spacial score (nSPS) is 25.1. The summed E-state index contributed by atoms with van der Waals surface area (Å²) >= 11 is 0. The van der Waals surface area contributed by atoms with Crippen LogP contribution in [-0.4, -0.2) is 40.0 Å². The second-order valence-electron chi connectivity index (χ2n) is 6.51. The summed E-state index contributed by atoms with van der Waals surface area (Å²) in [4.78, 5) is 17.4. The van der Waals surface area contributed by atoms with E-state index >= 15 is 0 Å². The van der Waals surface area contributed by atoms with Crippen molar-refractivity contribution in [2.75, 3.05) is 13.1 Å². The zero-order valence-corrected chi connectivity index (χ0v) is 12.6. The molecule has 1 N–H and O–H groups in total. The van der Waals surface area contributed by atoms with Crippen LogP contribution >= 0.6 is 0 Å². The summed E-state index contributed by atoms with van der Waals surface area (Å²) in [5, 5.41) is 9.18. The summed E-state index contributed by atoms with van der Waals surface area (Å²) in [5.41, 5.74) is 1.73. The molecule has 120 valence electrons. The third kappa shape index (κ3) is 3.27. The van der Waals surface area contributed by atoms with E-state index in [1.54, 1.807) is 13.0 Å². The Morgan fingerprint density at radius 2 is 2.18 bits per heavy atom. The SMILES string of the molecule is C[C@@H]1CN(Cc2cc(C(=O)O)nc(C3CC3)c2)CCC1(F)F. The van der Waals surface area contributed by atoms with Crippen molar-refractivity contribution in [3.63, 3.8) is 0 Å². The topological polar surface area (TPSA) is 53.4 Å². The summed E-state index contributed by atoms with van der Waals surface area (Å²) in [7, 11) is 0. The number of carboxylic acids is 1. The van der Waals surface area contributed by atoms with Gasteiger partial charge in [0.05, 0.1) is 0 Å². The van der Waals surface area contributed by atoms with Crippen LogP contribution in [0.15, 0.2) is 12.1 Å². The van der Waals surface area contributed by atoms with E-state index in [2.05, 4.69) is 4.98 Å². The molecule has 0 unspecified atom stereocenters. The molecular formula is C16H20F2N2O2. The summed E-state index contributed by atoms with van der Waals surface area (Å²) in [5.74, 6) is -3.95. The second-order valence-corrected chi connectivity index (χ2v) is 6.51. The Balaban J connectivity index is 1.76. The number of halogens is 2. The third-order valence-corrected chi connectivity index (χ3v) is 4.54. The molecule has 0 bridgehead atoms. The van der Waals surface area contributed by atoms with Crippen molar-refractivity contribution in [1.82, 2.24) is 9.88 Å². The molecule has 2 heterocycles. The van der Waals surface area contributed by atoms with Crippen molar-refractivity contribution in [1.29, 1.82) is 0 Å². The van der Waals surface area contributed by atoms with Gasteiger partial charge in [0.2, 0.25) is 0 Å². The van der Waals surface area contributed by atoms with E-state index in [0.717, 1.165) is 24.1 Å². The molecular weight excluding hydrogens is 290 g/mol. The molecule has 0 aromatic carbocycles. The highest BCUT2D eigenvalue weighted by molar-refractivity contribution is 5.85. The fourth-order valence-electron chi connectivity index (χ4n) is 2.97. The van der Waals surface area contributed by atoms with Crippen molar-refractivity contribution < 1.29 is 18.7 Å². The van der Waals surface area contributed by atoms with Crippen LogP contribution in [0.2, 0.25) is 0 Å². The van der Waals surface area contributed by atoms with Gasteiger partial charge < -0.3 is 5.11 Å². The molecule has 1 atom stereocenters. The van der Waals surface area contributed by atoms with Crippen molar-refractivity contribution in [3.8, 4) is 0 Å². The highest BCUT2D eigenvalue weighted by atomic mass is 19.3. The van der Waals surface area contributed by atoms with Gasteiger partial charge in [0.15, 0.2) is 0 Å². The minimum Gasteiger partial charge on any atom is -0.477 e. The lowest BCUT2D eigenvalue weighted by Gasteiger charge is -2.36. The number of pyridine rings is 1. The molecule has 1 saturated carbocycles. The van der Waals surface area contributed by atoms with Gasteiger partial charge in [0.1, 0.15) is 5.69 Å². The number of piperidine rings is 1. The van der Waals surface area contributed by atoms with E-state index < -0.39 is 17.8 Å². The van der Waals surface area contributed by atoms with Crippen molar-refractivity contribution >= 4 is 5.97 Å². The van der Waals surface area contributed by atoms with Crippen LogP contribution in [0.1, 0.15) is 53.8 Å². The molecule has 0 amide bonds. The fourth-order valence-corrected chi connectivity index (χ4v) is 2.97. The lowest BCUT2D eigenvalue weighted by molar-refractivity contribution is -0.100. The predicted octanol–water partition coefficient (Wildman–Crippen LogP) is 3.13.